The van der Waals surface area contributed by atoms with Gasteiger partial charge in [0.25, 0.3) is 5.24 Å². The van der Waals surface area contributed by atoms with Crippen molar-refractivity contribution < 1.29 is 9.21 Å². The van der Waals surface area contributed by atoms with Crippen LogP contribution in [-0.2, 0) is 0 Å². The summed E-state index contributed by atoms with van der Waals surface area (Å²) in [7, 11) is 0. The van der Waals surface area contributed by atoms with Gasteiger partial charge in [0, 0.05) is 5.39 Å². The lowest BCUT2D eigenvalue weighted by atomic mass is 10.2. The van der Waals surface area contributed by atoms with Gasteiger partial charge in [-0.25, -0.2) is 0 Å². The predicted octanol–water partition coefficient (Wildman–Crippen LogP) is 3.47. The second-order valence-electron chi connectivity index (χ2n) is 2.54. The normalized spacial score (nSPS) is 10.6. The van der Waals surface area contributed by atoms with Crippen LogP contribution in [0.2, 0.25) is 5.02 Å². The van der Waals surface area contributed by atoms with Crippen LogP contribution in [0.4, 0.5) is 0 Å². The predicted molar refractivity (Wildman–Crippen MR) is 51.4 cm³/mol. The molecular weight excluding hydrogens is 211 g/mol. The van der Waals surface area contributed by atoms with Gasteiger partial charge in [0.2, 0.25) is 0 Å². The van der Waals surface area contributed by atoms with E-state index in [4.69, 9.17) is 27.6 Å². The highest BCUT2D eigenvalue weighted by molar-refractivity contribution is 6.68. The van der Waals surface area contributed by atoms with Gasteiger partial charge in [-0.3, -0.25) is 4.79 Å². The number of benzene rings is 1. The van der Waals surface area contributed by atoms with E-state index in [0.29, 0.717) is 21.6 Å². The van der Waals surface area contributed by atoms with Gasteiger partial charge in [-0.2, -0.15) is 0 Å². The topological polar surface area (TPSA) is 30.2 Å². The van der Waals surface area contributed by atoms with Crippen LogP contribution in [0.15, 0.2) is 28.9 Å². The number of fused-ring (bicyclic) bond motifs is 1. The van der Waals surface area contributed by atoms with Crippen molar-refractivity contribution in [1.82, 2.24) is 0 Å². The average Bonchev–Trinajstić information content (AvgIpc) is 2.48. The molecule has 0 aliphatic carbocycles. The van der Waals surface area contributed by atoms with Crippen molar-refractivity contribution in [2.24, 2.45) is 0 Å². The summed E-state index contributed by atoms with van der Waals surface area (Å²) in [4.78, 5) is 10.9. The van der Waals surface area contributed by atoms with Crippen molar-refractivity contribution in [3.63, 3.8) is 0 Å². The summed E-state index contributed by atoms with van der Waals surface area (Å²) in [6.45, 7) is 0. The van der Waals surface area contributed by atoms with Crippen molar-refractivity contribution >= 4 is 39.4 Å². The van der Waals surface area contributed by atoms with Crippen molar-refractivity contribution in [1.29, 1.82) is 0 Å². The van der Waals surface area contributed by atoms with Crippen LogP contribution < -0.4 is 0 Å². The zero-order valence-electron chi connectivity index (χ0n) is 6.38. The fourth-order valence-corrected chi connectivity index (χ4v) is 1.54. The molecule has 2 nitrogen and oxygen atoms in total. The summed E-state index contributed by atoms with van der Waals surface area (Å²) in [6.07, 6.45) is 1.31. The van der Waals surface area contributed by atoms with Crippen LogP contribution in [0.1, 0.15) is 10.4 Å². The van der Waals surface area contributed by atoms with Crippen molar-refractivity contribution in [2.75, 3.05) is 0 Å². The maximum absolute atomic E-state index is 10.9. The summed E-state index contributed by atoms with van der Waals surface area (Å²) in [5.74, 6) is 0. The third-order valence-corrected chi connectivity index (χ3v) is 2.26. The first-order chi connectivity index (χ1) is 6.20. The smallest absolute Gasteiger partial charge is 0.256 e. The van der Waals surface area contributed by atoms with Crippen LogP contribution in [0.5, 0.6) is 0 Å². The molecule has 66 valence electrons. The molecule has 0 fully saturated rings. The van der Waals surface area contributed by atoms with Crippen LogP contribution in [-0.4, -0.2) is 5.24 Å². The Morgan fingerprint density at radius 3 is 2.85 bits per heavy atom. The lowest BCUT2D eigenvalue weighted by Crippen LogP contribution is -1.84. The fourth-order valence-electron chi connectivity index (χ4n) is 1.17. The van der Waals surface area contributed by atoms with E-state index in [1.807, 2.05) is 0 Å². The summed E-state index contributed by atoms with van der Waals surface area (Å²) in [6, 6.07) is 5.17. The molecule has 0 atom stereocenters. The van der Waals surface area contributed by atoms with Crippen molar-refractivity contribution in [3.8, 4) is 0 Å². The number of rotatable bonds is 1. The monoisotopic (exact) mass is 214 g/mol. The second kappa shape index (κ2) is 3.05. The van der Waals surface area contributed by atoms with E-state index >= 15 is 0 Å². The summed E-state index contributed by atoms with van der Waals surface area (Å²) >= 11 is 11.2. The molecule has 0 spiro atoms. The minimum atomic E-state index is -0.541. The number of halogens is 2. The summed E-state index contributed by atoms with van der Waals surface area (Å²) in [5.41, 5.74) is 0.840. The van der Waals surface area contributed by atoms with Gasteiger partial charge >= 0.3 is 0 Å². The molecule has 0 radical (unpaired) electrons. The van der Waals surface area contributed by atoms with Gasteiger partial charge in [-0.05, 0) is 17.7 Å². The molecule has 0 saturated heterocycles. The van der Waals surface area contributed by atoms with Gasteiger partial charge < -0.3 is 4.42 Å². The van der Waals surface area contributed by atoms with E-state index in [1.165, 1.54) is 6.26 Å². The van der Waals surface area contributed by atoms with E-state index < -0.39 is 5.24 Å². The Labute approximate surface area is 84.0 Å². The zero-order chi connectivity index (χ0) is 9.42. The van der Waals surface area contributed by atoms with Gasteiger partial charge in [0.05, 0.1) is 10.6 Å². The molecule has 0 aliphatic rings. The molecular formula is C9H4Cl2O2. The lowest BCUT2D eigenvalue weighted by Gasteiger charge is -1.91. The highest BCUT2D eigenvalue weighted by atomic mass is 35.5. The highest BCUT2D eigenvalue weighted by Gasteiger charge is 2.12. The maximum Gasteiger partial charge on any atom is 0.256 e. The standard InChI is InChI=1S/C9H4Cl2O2/c10-7-3-1-2-5-6(9(11)12)4-13-8(5)7/h1-4H. The molecule has 1 aromatic heterocycles. The number of hydrogen-bond acceptors (Lipinski definition) is 2. The third-order valence-electron chi connectivity index (χ3n) is 1.76. The van der Waals surface area contributed by atoms with Crippen molar-refractivity contribution in [2.45, 2.75) is 0 Å². The molecule has 0 N–H and O–H groups in total. The Morgan fingerprint density at radius 1 is 1.38 bits per heavy atom. The van der Waals surface area contributed by atoms with E-state index in [2.05, 4.69) is 0 Å². The number of hydrogen-bond donors (Lipinski definition) is 0. The first kappa shape index (κ1) is 8.60. The number of para-hydroxylation sites is 1. The minimum Gasteiger partial charge on any atom is -0.462 e. The Kier molecular flexibility index (Phi) is 2.02. The molecule has 1 heterocycles. The molecule has 2 rings (SSSR count). The lowest BCUT2D eigenvalue weighted by molar-refractivity contribution is 0.108. The fraction of sp³-hybridized carbons (Fsp3) is 0. The van der Waals surface area contributed by atoms with E-state index in [9.17, 15) is 4.79 Å². The minimum absolute atomic E-state index is 0.346. The molecule has 1 aromatic carbocycles. The number of furan rings is 1. The molecule has 13 heavy (non-hydrogen) atoms. The quantitative estimate of drug-likeness (QED) is 0.681. The first-order valence-corrected chi connectivity index (χ1v) is 4.31. The molecule has 0 unspecified atom stereocenters. The average molecular weight is 215 g/mol. The van der Waals surface area contributed by atoms with Gasteiger partial charge in [0.15, 0.2) is 5.58 Å². The van der Waals surface area contributed by atoms with E-state index in [-0.39, 0.29) is 0 Å². The molecule has 0 amide bonds. The molecule has 0 saturated carbocycles. The molecule has 0 bridgehead atoms. The molecule has 0 aliphatic heterocycles. The van der Waals surface area contributed by atoms with Gasteiger partial charge in [-0.15, -0.1) is 0 Å². The van der Waals surface area contributed by atoms with Crippen LogP contribution in [0.3, 0.4) is 0 Å². The Morgan fingerprint density at radius 2 is 2.15 bits per heavy atom. The third kappa shape index (κ3) is 1.32. The van der Waals surface area contributed by atoms with E-state index in [1.54, 1.807) is 18.2 Å². The first-order valence-electron chi connectivity index (χ1n) is 3.55. The van der Waals surface area contributed by atoms with Gasteiger partial charge in [0.1, 0.15) is 6.26 Å². The Bertz CT molecular complexity index is 473. The maximum atomic E-state index is 10.9. The molecule has 2 aromatic rings. The van der Waals surface area contributed by atoms with Crippen molar-refractivity contribution in [3.05, 3.63) is 35.0 Å². The Hall–Kier alpha value is -0.990. The number of carbonyl (C=O) groups is 1. The zero-order valence-corrected chi connectivity index (χ0v) is 7.89. The van der Waals surface area contributed by atoms with Crippen LogP contribution in [0.25, 0.3) is 11.0 Å². The second-order valence-corrected chi connectivity index (χ2v) is 3.29. The number of carbonyl (C=O) groups excluding carboxylic acids is 1. The van der Waals surface area contributed by atoms with Crippen LogP contribution in [0, 0.1) is 0 Å². The van der Waals surface area contributed by atoms with Crippen LogP contribution >= 0.6 is 23.2 Å². The SMILES string of the molecule is O=C(Cl)c1coc2c(Cl)cccc12. The summed E-state index contributed by atoms with van der Waals surface area (Å²) in [5, 5.41) is 0.579. The molecule has 4 heteroatoms. The van der Waals surface area contributed by atoms with E-state index in [0.717, 1.165) is 0 Å². The van der Waals surface area contributed by atoms with Gasteiger partial charge in [-0.1, -0.05) is 23.7 Å². The Balaban J connectivity index is 2.83. The summed E-state index contributed by atoms with van der Waals surface area (Å²) < 4.78 is 5.10. The largest absolute Gasteiger partial charge is 0.462 e. The highest BCUT2D eigenvalue weighted by Crippen LogP contribution is 2.28.